The summed E-state index contributed by atoms with van der Waals surface area (Å²) in [4.78, 5) is 12.0. The molecule has 1 aromatic rings. The SMILES string of the molecule is CC(Br)CCNC(=O)c1ccccc1Cl. The first-order valence-electron chi connectivity index (χ1n) is 4.78. The number of carbonyl (C=O) groups is 1. The summed E-state index contributed by atoms with van der Waals surface area (Å²) in [5, 5.41) is 3.31. The lowest BCUT2D eigenvalue weighted by molar-refractivity contribution is 0.0953. The summed E-state index contributed by atoms with van der Waals surface area (Å²) < 4.78 is 0. The van der Waals surface area contributed by atoms with Gasteiger partial charge in [-0.25, -0.2) is 0 Å². The van der Waals surface area contributed by atoms with E-state index in [1.54, 1.807) is 24.3 Å². The van der Waals surface area contributed by atoms with Crippen molar-refractivity contribution in [1.82, 2.24) is 5.32 Å². The predicted molar refractivity (Wildman–Crippen MR) is 66.8 cm³/mol. The van der Waals surface area contributed by atoms with Gasteiger partial charge < -0.3 is 5.32 Å². The maximum atomic E-state index is 11.6. The quantitative estimate of drug-likeness (QED) is 0.848. The monoisotopic (exact) mass is 289 g/mol. The van der Waals surface area contributed by atoms with E-state index < -0.39 is 0 Å². The summed E-state index contributed by atoms with van der Waals surface area (Å²) >= 11 is 9.31. The van der Waals surface area contributed by atoms with E-state index in [1.807, 2.05) is 6.92 Å². The number of carbonyl (C=O) groups excluding carboxylic acids is 1. The van der Waals surface area contributed by atoms with Gasteiger partial charge in [-0.15, -0.1) is 0 Å². The summed E-state index contributed by atoms with van der Waals surface area (Å²) in [7, 11) is 0. The van der Waals surface area contributed by atoms with Gasteiger partial charge in [0.2, 0.25) is 0 Å². The highest BCUT2D eigenvalue weighted by Gasteiger charge is 2.08. The average molecular weight is 291 g/mol. The van der Waals surface area contributed by atoms with Crippen LogP contribution in [0.5, 0.6) is 0 Å². The number of alkyl halides is 1. The molecule has 15 heavy (non-hydrogen) atoms. The van der Waals surface area contributed by atoms with Crippen LogP contribution in [-0.2, 0) is 0 Å². The molecule has 1 N–H and O–H groups in total. The van der Waals surface area contributed by atoms with Gasteiger partial charge in [0.1, 0.15) is 0 Å². The highest BCUT2D eigenvalue weighted by Crippen LogP contribution is 2.14. The molecule has 82 valence electrons. The first-order chi connectivity index (χ1) is 7.11. The molecule has 0 saturated heterocycles. The molecule has 2 nitrogen and oxygen atoms in total. The fourth-order valence-corrected chi connectivity index (χ4v) is 1.58. The van der Waals surface area contributed by atoms with E-state index in [-0.39, 0.29) is 5.91 Å². The molecule has 0 aliphatic carbocycles. The van der Waals surface area contributed by atoms with Crippen LogP contribution in [0.3, 0.4) is 0 Å². The molecule has 0 aliphatic heterocycles. The second-order valence-electron chi connectivity index (χ2n) is 3.31. The number of halogens is 2. The lowest BCUT2D eigenvalue weighted by atomic mass is 10.2. The van der Waals surface area contributed by atoms with Crippen LogP contribution in [0.1, 0.15) is 23.7 Å². The van der Waals surface area contributed by atoms with Gasteiger partial charge in [-0.1, -0.05) is 46.6 Å². The normalized spacial score (nSPS) is 12.2. The first kappa shape index (κ1) is 12.5. The predicted octanol–water partition coefficient (Wildman–Crippen LogP) is 3.24. The van der Waals surface area contributed by atoms with Gasteiger partial charge >= 0.3 is 0 Å². The van der Waals surface area contributed by atoms with E-state index in [2.05, 4.69) is 21.2 Å². The Bertz CT molecular complexity index is 341. The van der Waals surface area contributed by atoms with Crippen molar-refractivity contribution in [2.75, 3.05) is 6.54 Å². The van der Waals surface area contributed by atoms with Gasteiger partial charge in [-0.2, -0.15) is 0 Å². The molecule has 0 heterocycles. The van der Waals surface area contributed by atoms with E-state index in [0.717, 1.165) is 6.42 Å². The molecular formula is C11H13BrClNO. The van der Waals surface area contributed by atoms with Gasteiger partial charge in [0.15, 0.2) is 0 Å². The van der Waals surface area contributed by atoms with Crippen LogP contribution in [0.2, 0.25) is 5.02 Å². The van der Waals surface area contributed by atoms with Crippen molar-refractivity contribution in [3.05, 3.63) is 34.9 Å². The minimum Gasteiger partial charge on any atom is -0.352 e. The van der Waals surface area contributed by atoms with Gasteiger partial charge in [0.25, 0.3) is 5.91 Å². The highest BCUT2D eigenvalue weighted by atomic mass is 79.9. The van der Waals surface area contributed by atoms with Gasteiger partial charge in [0.05, 0.1) is 10.6 Å². The lowest BCUT2D eigenvalue weighted by Gasteiger charge is -2.07. The van der Waals surface area contributed by atoms with E-state index in [1.165, 1.54) is 0 Å². The van der Waals surface area contributed by atoms with Gasteiger partial charge in [0, 0.05) is 11.4 Å². The first-order valence-corrected chi connectivity index (χ1v) is 6.07. The van der Waals surface area contributed by atoms with Crippen LogP contribution < -0.4 is 5.32 Å². The van der Waals surface area contributed by atoms with Crippen LogP contribution in [-0.4, -0.2) is 17.3 Å². The van der Waals surface area contributed by atoms with Crippen molar-refractivity contribution in [3.8, 4) is 0 Å². The second kappa shape index (κ2) is 6.13. The van der Waals surface area contributed by atoms with E-state index in [9.17, 15) is 4.79 Å². The maximum absolute atomic E-state index is 11.6. The maximum Gasteiger partial charge on any atom is 0.252 e. The lowest BCUT2D eigenvalue weighted by Crippen LogP contribution is -2.25. The topological polar surface area (TPSA) is 29.1 Å². The standard InChI is InChI=1S/C11H13BrClNO/c1-8(12)6-7-14-11(15)9-4-2-3-5-10(9)13/h2-5,8H,6-7H2,1H3,(H,14,15). The van der Waals surface area contributed by atoms with Crippen molar-refractivity contribution in [2.45, 2.75) is 18.2 Å². The summed E-state index contributed by atoms with van der Waals surface area (Å²) in [6.07, 6.45) is 0.899. The number of hydrogen-bond acceptors (Lipinski definition) is 1. The molecule has 0 aliphatic rings. The van der Waals surface area contributed by atoms with Crippen molar-refractivity contribution in [1.29, 1.82) is 0 Å². The fourth-order valence-electron chi connectivity index (χ4n) is 1.13. The van der Waals surface area contributed by atoms with Crippen molar-refractivity contribution in [3.63, 3.8) is 0 Å². The summed E-state index contributed by atoms with van der Waals surface area (Å²) in [6, 6.07) is 7.03. The molecule has 1 rings (SSSR count). The molecule has 0 fully saturated rings. The molecule has 0 saturated carbocycles. The van der Waals surface area contributed by atoms with Crippen LogP contribution in [0.15, 0.2) is 24.3 Å². The molecule has 1 aromatic carbocycles. The average Bonchev–Trinajstić information content (AvgIpc) is 2.17. The molecule has 1 atom stereocenters. The molecular weight excluding hydrogens is 277 g/mol. The number of benzene rings is 1. The summed E-state index contributed by atoms with van der Waals surface area (Å²) in [5.41, 5.74) is 0.529. The largest absolute Gasteiger partial charge is 0.352 e. The Morgan fingerprint density at radius 1 is 1.53 bits per heavy atom. The fraction of sp³-hybridized carbons (Fsp3) is 0.364. The molecule has 1 amide bonds. The Morgan fingerprint density at radius 2 is 2.20 bits per heavy atom. The molecule has 0 bridgehead atoms. The zero-order chi connectivity index (χ0) is 11.3. The Balaban J connectivity index is 2.51. The Morgan fingerprint density at radius 3 is 2.80 bits per heavy atom. The van der Waals surface area contributed by atoms with E-state index in [4.69, 9.17) is 11.6 Å². The minimum absolute atomic E-state index is 0.117. The van der Waals surface area contributed by atoms with Crippen LogP contribution in [0.25, 0.3) is 0 Å². The Hall–Kier alpha value is -0.540. The van der Waals surface area contributed by atoms with Crippen LogP contribution >= 0.6 is 27.5 Å². The van der Waals surface area contributed by atoms with Crippen LogP contribution in [0.4, 0.5) is 0 Å². The van der Waals surface area contributed by atoms with Crippen molar-refractivity contribution >= 4 is 33.4 Å². The van der Waals surface area contributed by atoms with Gasteiger partial charge in [-0.05, 0) is 18.6 Å². The number of amides is 1. The van der Waals surface area contributed by atoms with Crippen molar-refractivity contribution in [2.24, 2.45) is 0 Å². The summed E-state index contributed by atoms with van der Waals surface area (Å²) in [6.45, 7) is 2.69. The third-order valence-corrected chi connectivity index (χ3v) is 2.73. The molecule has 4 heteroatoms. The summed E-state index contributed by atoms with van der Waals surface area (Å²) in [5.74, 6) is -0.117. The number of rotatable bonds is 4. The van der Waals surface area contributed by atoms with E-state index >= 15 is 0 Å². The Kier molecular flexibility index (Phi) is 5.12. The molecule has 0 aromatic heterocycles. The number of nitrogens with one attached hydrogen (secondary N) is 1. The van der Waals surface area contributed by atoms with Crippen LogP contribution in [0, 0.1) is 0 Å². The van der Waals surface area contributed by atoms with E-state index in [0.29, 0.717) is 22.0 Å². The number of hydrogen-bond donors (Lipinski definition) is 1. The third-order valence-electron chi connectivity index (χ3n) is 1.95. The smallest absolute Gasteiger partial charge is 0.252 e. The second-order valence-corrected chi connectivity index (χ2v) is 5.28. The Labute approximate surface area is 103 Å². The van der Waals surface area contributed by atoms with Crippen molar-refractivity contribution < 1.29 is 4.79 Å². The zero-order valence-electron chi connectivity index (χ0n) is 8.47. The molecule has 1 unspecified atom stereocenters. The molecule has 0 radical (unpaired) electrons. The third kappa shape index (κ3) is 4.22. The minimum atomic E-state index is -0.117. The van der Waals surface area contributed by atoms with Gasteiger partial charge in [-0.3, -0.25) is 4.79 Å². The highest BCUT2D eigenvalue weighted by molar-refractivity contribution is 9.09. The zero-order valence-corrected chi connectivity index (χ0v) is 10.8. The molecule has 0 spiro atoms.